The highest BCUT2D eigenvalue weighted by molar-refractivity contribution is 7.89. The van der Waals surface area contributed by atoms with Crippen LogP contribution in [0.3, 0.4) is 0 Å². The van der Waals surface area contributed by atoms with Crippen LogP contribution in [0.4, 0.5) is 0 Å². The molecule has 0 amide bonds. The highest BCUT2D eigenvalue weighted by Gasteiger charge is 2.16. The minimum Gasteiger partial charge on any atom is -0.220 e. The molecule has 6 nitrogen and oxygen atoms in total. The molecule has 134 valence electrons. The molecule has 0 aliphatic heterocycles. The Bertz CT molecular complexity index is 1060. The van der Waals surface area contributed by atoms with E-state index in [1.807, 2.05) is 6.07 Å². The lowest BCUT2D eigenvalue weighted by atomic mass is 10.3. The van der Waals surface area contributed by atoms with Crippen molar-refractivity contribution in [3.8, 4) is 5.69 Å². The van der Waals surface area contributed by atoms with E-state index in [0.717, 1.165) is 0 Å². The number of hydrogen-bond acceptors (Lipinski definition) is 4. The minimum atomic E-state index is -3.75. The predicted octanol–water partition coefficient (Wildman–Crippen LogP) is 3.80. The molecule has 26 heavy (non-hydrogen) atoms. The van der Waals surface area contributed by atoms with Crippen LogP contribution < -0.4 is 4.83 Å². The molecule has 0 atom stereocenters. The zero-order chi connectivity index (χ0) is 18.7. The van der Waals surface area contributed by atoms with E-state index >= 15 is 0 Å². The maximum atomic E-state index is 12.2. The standard InChI is InChI=1S/C17H14Cl2N4O2S/c1-12-14(11-20-22-26(24,25)13-7-3-2-4-8-13)17(19)23(21-12)16-10-6-5-9-15(16)18/h2-11,22H,1H3/b20-11-. The summed E-state index contributed by atoms with van der Waals surface area (Å²) >= 11 is 12.6. The second-order valence-corrected chi connectivity index (χ2v) is 7.75. The van der Waals surface area contributed by atoms with Gasteiger partial charge in [0.15, 0.2) is 0 Å². The van der Waals surface area contributed by atoms with E-state index in [-0.39, 0.29) is 10.0 Å². The lowest BCUT2D eigenvalue weighted by Gasteiger charge is -2.05. The van der Waals surface area contributed by atoms with Gasteiger partial charge in [0.2, 0.25) is 0 Å². The van der Waals surface area contributed by atoms with Crippen LogP contribution in [0.15, 0.2) is 64.6 Å². The van der Waals surface area contributed by atoms with Crippen LogP contribution in [-0.2, 0) is 10.0 Å². The van der Waals surface area contributed by atoms with Gasteiger partial charge in [0.05, 0.1) is 33.1 Å². The van der Waals surface area contributed by atoms with Crippen molar-refractivity contribution in [2.45, 2.75) is 11.8 Å². The fraction of sp³-hybridized carbons (Fsp3) is 0.0588. The van der Waals surface area contributed by atoms with Crippen molar-refractivity contribution < 1.29 is 8.42 Å². The zero-order valence-electron chi connectivity index (χ0n) is 13.6. The van der Waals surface area contributed by atoms with Crippen molar-refractivity contribution in [1.29, 1.82) is 0 Å². The topological polar surface area (TPSA) is 76.3 Å². The largest absolute Gasteiger partial charge is 0.276 e. The van der Waals surface area contributed by atoms with Crippen LogP contribution >= 0.6 is 23.2 Å². The fourth-order valence-electron chi connectivity index (χ4n) is 2.25. The Kier molecular flexibility index (Phi) is 5.31. The first-order valence-electron chi connectivity index (χ1n) is 7.50. The van der Waals surface area contributed by atoms with Gasteiger partial charge in [0.25, 0.3) is 10.0 Å². The number of para-hydroxylation sites is 1. The third-order valence-corrected chi connectivity index (χ3v) is 5.47. The second-order valence-electron chi connectivity index (χ2n) is 5.32. The Balaban J connectivity index is 1.87. The third-order valence-electron chi connectivity index (χ3n) is 3.55. The summed E-state index contributed by atoms with van der Waals surface area (Å²) in [5.74, 6) is 0. The Morgan fingerprint density at radius 3 is 2.42 bits per heavy atom. The van der Waals surface area contributed by atoms with E-state index in [4.69, 9.17) is 23.2 Å². The molecule has 1 N–H and O–H groups in total. The molecule has 0 unspecified atom stereocenters. The molecule has 3 rings (SSSR count). The van der Waals surface area contributed by atoms with Gasteiger partial charge in [-0.05, 0) is 31.2 Å². The van der Waals surface area contributed by atoms with Gasteiger partial charge in [-0.15, -0.1) is 0 Å². The summed E-state index contributed by atoms with van der Waals surface area (Å²) in [4.78, 5) is 2.28. The maximum Gasteiger partial charge on any atom is 0.276 e. The quantitative estimate of drug-likeness (QED) is 0.515. The predicted molar refractivity (Wildman–Crippen MR) is 103 cm³/mol. The van der Waals surface area contributed by atoms with Crippen molar-refractivity contribution >= 4 is 39.4 Å². The van der Waals surface area contributed by atoms with Gasteiger partial charge < -0.3 is 0 Å². The van der Waals surface area contributed by atoms with Gasteiger partial charge in [-0.25, -0.2) is 9.51 Å². The molecule has 2 aromatic carbocycles. The van der Waals surface area contributed by atoms with Crippen LogP contribution in [0.1, 0.15) is 11.3 Å². The van der Waals surface area contributed by atoms with E-state index < -0.39 is 10.0 Å². The summed E-state index contributed by atoms with van der Waals surface area (Å²) in [6.45, 7) is 1.74. The average Bonchev–Trinajstić information content (AvgIpc) is 2.91. The summed E-state index contributed by atoms with van der Waals surface area (Å²) < 4.78 is 25.8. The summed E-state index contributed by atoms with van der Waals surface area (Å²) in [5, 5.41) is 8.92. The van der Waals surface area contributed by atoms with E-state index in [2.05, 4.69) is 15.0 Å². The lowest BCUT2D eigenvalue weighted by Crippen LogP contribution is -2.18. The minimum absolute atomic E-state index is 0.117. The molecule has 0 saturated carbocycles. The Morgan fingerprint density at radius 2 is 1.73 bits per heavy atom. The molecule has 0 bridgehead atoms. The number of hydrogen-bond donors (Lipinski definition) is 1. The first kappa shape index (κ1) is 18.4. The first-order chi connectivity index (χ1) is 12.4. The monoisotopic (exact) mass is 408 g/mol. The molecule has 1 aromatic heterocycles. The Morgan fingerprint density at radius 1 is 1.08 bits per heavy atom. The van der Waals surface area contributed by atoms with Crippen molar-refractivity contribution in [3.05, 3.63) is 76.0 Å². The number of nitrogens with one attached hydrogen (secondary N) is 1. The lowest BCUT2D eigenvalue weighted by molar-refractivity contribution is 0.584. The SMILES string of the molecule is Cc1nn(-c2ccccc2Cl)c(Cl)c1/C=N\NS(=O)(=O)c1ccccc1. The van der Waals surface area contributed by atoms with Crippen molar-refractivity contribution in [1.82, 2.24) is 14.6 Å². The summed E-state index contributed by atoms with van der Waals surface area (Å²) in [7, 11) is -3.75. The molecule has 0 spiro atoms. The van der Waals surface area contributed by atoms with E-state index in [1.54, 1.807) is 43.3 Å². The number of aryl methyl sites for hydroxylation is 1. The Hall–Kier alpha value is -2.35. The molecule has 0 aliphatic carbocycles. The van der Waals surface area contributed by atoms with Gasteiger partial charge in [0.1, 0.15) is 5.15 Å². The van der Waals surface area contributed by atoms with Gasteiger partial charge in [-0.2, -0.15) is 18.6 Å². The van der Waals surface area contributed by atoms with Crippen LogP contribution in [0.25, 0.3) is 5.69 Å². The molecule has 1 heterocycles. The van der Waals surface area contributed by atoms with Gasteiger partial charge in [-0.3, -0.25) is 0 Å². The number of sulfonamides is 1. The van der Waals surface area contributed by atoms with Crippen molar-refractivity contribution in [2.24, 2.45) is 5.10 Å². The number of nitrogens with zero attached hydrogens (tertiary/aromatic N) is 3. The highest BCUT2D eigenvalue weighted by Crippen LogP contribution is 2.26. The summed E-state index contributed by atoms with van der Waals surface area (Å²) in [6, 6.07) is 15.1. The Labute approximate surface area is 161 Å². The molecule has 9 heteroatoms. The summed E-state index contributed by atoms with van der Waals surface area (Å²) in [6.07, 6.45) is 1.32. The highest BCUT2D eigenvalue weighted by atomic mass is 35.5. The third kappa shape index (κ3) is 3.75. The van der Waals surface area contributed by atoms with Gasteiger partial charge >= 0.3 is 0 Å². The number of halogens is 2. The molecular formula is C17H14Cl2N4O2S. The van der Waals surface area contributed by atoms with Crippen molar-refractivity contribution in [2.75, 3.05) is 0 Å². The molecule has 0 saturated heterocycles. The second kappa shape index (κ2) is 7.49. The van der Waals surface area contributed by atoms with Gasteiger partial charge in [-0.1, -0.05) is 53.5 Å². The zero-order valence-corrected chi connectivity index (χ0v) is 15.9. The smallest absolute Gasteiger partial charge is 0.220 e. The fourth-order valence-corrected chi connectivity index (χ4v) is 3.60. The molecule has 0 radical (unpaired) electrons. The molecule has 0 aliphatic rings. The van der Waals surface area contributed by atoms with E-state index in [9.17, 15) is 8.42 Å². The van der Waals surface area contributed by atoms with E-state index in [1.165, 1.54) is 23.0 Å². The van der Waals surface area contributed by atoms with E-state index in [0.29, 0.717) is 22.0 Å². The van der Waals surface area contributed by atoms with Gasteiger partial charge in [0, 0.05) is 0 Å². The van der Waals surface area contributed by atoms with Crippen LogP contribution in [0.2, 0.25) is 10.2 Å². The average molecular weight is 409 g/mol. The normalized spacial score (nSPS) is 11.8. The summed E-state index contributed by atoms with van der Waals surface area (Å²) in [5.41, 5.74) is 1.69. The van der Waals surface area contributed by atoms with Crippen LogP contribution in [-0.4, -0.2) is 24.4 Å². The number of hydrazone groups is 1. The number of benzene rings is 2. The van der Waals surface area contributed by atoms with Crippen LogP contribution in [0, 0.1) is 6.92 Å². The van der Waals surface area contributed by atoms with Crippen LogP contribution in [0.5, 0.6) is 0 Å². The maximum absolute atomic E-state index is 12.2. The number of aromatic nitrogens is 2. The molecule has 0 fully saturated rings. The first-order valence-corrected chi connectivity index (χ1v) is 9.74. The van der Waals surface area contributed by atoms with Crippen molar-refractivity contribution in [3.63, 3.8) is 0 Å². The molecule has 3 aromatic rings. The number of rotatable bonds is 5. The molecular weight excluding hydrogens is 395 g/mol.